The molecule has 0 aromatic heterocycles. The highest BCUT2D eigenvalue weighted by Gasteiger charge is 2.24. The Hall–Kier alpha value is -1.55. The minimum atomic E-state index is -0.576. The minimum Gasteiger partial charge on any atom is -0.497 e. The molecule has 0 aliphatic heterocycles. The van der Waals surface area contributed by atoms with E-state index in [4.69, 9.17) is 4.74 Å². The maximum absolute atomic E-state index is 12.1. The van der Waals surface area contributed by atoms with E-state index >= 15 is 0 Å². The van der Waals surface area contributed by atoms with Gasteiger partial charge in [0.2, 0.25) is 5.91 Å². The van der Waals surface area contributed by atoms with E-state index in [1.165, 1.54) is 0 Å². The van der Waals surface area contributed by atoms with E-state index in [0.717, 1.165) is 12.2 Å². The molecule has 0 heterocycles. The predicted octanol–water partition coefficient (Wildman–Crippen LogP) is 2.82. The second-order valence-corrected chi connectivity index (χ2v) is 4.59. The summed E-state index contributed by atoms with van der Waals surface area (Å²) in [5.41, 5.74) is 0.716. The molecular formula is C15H23NO3. The number of benzene rings is 1. The summed E-state index contributed by atoms with van der Waals surface area (Å²) in [5.74, 6) is 0.256. The average Bonchev–Trinajstić information content (AvgIpc) is 2.40. The summed E-state index contributed by atoms with van der Waals surface area (Å²) in [6.07, 6.45) is 1.57. The zero-order chi connectivity index (χ0) is 14.3. The highest BCUT2D eigenvalue weighted by Crippen LogP contribution is 2.19. The molecule has 1 rings (SSSR count). The van der Waals surface area contributed by atoms with Gasteiger partial charge in [-0.2, -0.15) is 0 Å². The van der Waals surface area contributed by atoms with E-state index < -0.39 is 6.10 Å². The van der Waals surface area contributed by atoms with Gasteiger partial charge in [0, 0.05) is 5.69 Å². The van der Waals surface area contributed by atoms with Crippen molar-refractivity contribution in [1.82, 2.24) is 0 Å². The van der Waals surface area contributed by atoms with Gasteiger partial charge in [0.05, 0.1) is 19.1 Å². The highest BCUT2D eigenvalue weighted by atomic mass is 16.5. The standard InChI is InChI=1S/C15H23NO3/c1-4-6-14(17)13(5-2)15(18)16-11-7-9-12(19-3)10-8-11/h7-10,13-14,17H,4-6H2,1-3H3,(H,16,18)/t13-,14+/m0/s1. The van der Waals surface area contributed by atoms with Crippen LogP contribution < -0.4 is 10.1 Å². The van der Waals surface area contributed by atoms with Gasteiger partial charge in [-0.1, -0.05) is 20.3 Å². The number of amides is 1. The molecule has 0 fully saturated rings. The Morgan fingerprint density at radius 3 is 2.42 bits per heavy atom. The number of rotatable bonds is 7. The van der Waals surface area contributed by atoms with E-state index in [0.29, 0.717) is 18.5 Å². The van der Waals surface area contributed by atoms with Crippen LogP contribution in [0, 0.1) is 5.92 Å². The molecule has 4 nitrogen and oxygen atoms in total. The van der Waals surface area contributed by atoms with Gasteiger partial charge in [-0.15, -0.1) is 0 Å². The van der Waals surface area contributed by atoms with Crippen LogP contribution in [0.15, 0.2) is 24.3 Å². The number of aliphatic hydroxyl groups is 1. The Morgan fingerprint density at radius 2 is 1.95 bits per heavy atom. The number of carbonyl (C=O) groups excluding carboxylic acids is 1. The van der Waals surface area contributed by atoms with Gasteiger partial charge in [0.1, 0.15) is 5.75 Å². The molecule has 0 bridgehead atoms. The van der Waals surface area contributed by atoms with E-state index in [-0.39, 0.29) is 11.8 Å². The first-order valence-corrected chi connectivity index (χ1v) is 6.75. The van der Waals surface area contributed by atoms with E-state index in [9.17, 15) is 9.90 Å². The third kappa shape index (κ3) is 4.56. The van der Waals surface area contributed by atoms with Crippen LogP contribution in [-0.2, 0) is 4.79 Å². The van der Waals surface area contributed by atoms with Crippen LogP contribution in [0.2, 0.25) is 0 Å². The SMILES string of the molecule is CCC[C@@H](O)[C@H](CC)C(=O)Nc1ccc(OC)cc1. The Labute approximate surface area is 114 Å². The van der Waals surface area contributed by atoms with Crippen molar-refractivity contribution in [2.24, 2.45) is 5.92 Å². The quantitative estimate of drug-likeness (QED) is 0.797. The second-order valence-electron chi connectivity index (χ2n) is 4.59. The lowest BCUT2D eigenvalue weighted by Crippen LogP contribution is -2.32. The maximum atomic E-state index is 12.1. The Balaban J connectivity index is 2.65. The van der Waals surface area contributed by atoms with Crippen molar-refractivity contribution >= 4 is 11.6 Å². The number of carbonyl (C=O) groups is 1. The lowest BCUT2D eigenvalue weighted by molar-refractivity contribution is -0.123. The monoisotopic (exact) mass is 265 g/mol. The third-order valence-electron chi connectivity index (χ3n) is 3.18. The molecule has 0 aliphatic rings. The molecule has 2 atom stereocenters. The van der Waals surface area contributed by atoms with Crippen LogP contribution in [0.1, 0.15) is 33.1 Å². The van der Waals surface area contributed by atoms with Crippen molar-refractivity contribution in [3.8, 4) is 5.75 Å². The molecule has 19 heavy (non-hydrogen) atoms. The van der Waals surface area contributed by atoms with E-state index in [2.05, 4.69) is 5.32 Å². The number of anilines is 1. The number of nitrogens with one attached hydrogen (secondary N) is 1. The van der Waals surface area contributed by atoms with Gasteiger partial charge in [0.15, 0.2) is 0 Å². The van der Waals surface area contributed by atoms with Gasteiger partial charge >= 0.3 is 0 Å². The minimum absolute atomic E-state index is 0.131. The molecule has 1 amide bonds. The van der Waals surface area contributed by atoms with Crippen LogP contribution >= 0.6 is 0 Å². The van der Waals surface area contributed by atoms with Gasteiger partial charge < -0.3 is 15.2 Å². The third-order valence-corrected chi connectivity index (χ3v) is 3.18. The molecule has 0 radical (unpaired) electrons. The summed E-state index contributed by atoms with van der Waals surface area (Å²) >= 11 is 0. The fourth-order valence-electron chi connectivity index (χ4n) is 2.04. The molecule has 0 saturated carbocycles. The molecule has 0 unspecified atom stereocenters. The van der Waals surface area contributed by atoms with Crippen LogP contribution in [0.4, 0.5) is 5.69 Å². The highest BCUT2D eigenvalue weighted by molar-refractivity contribution is 5.92. The molecule has 2 N–H and O–H groups in total. The van der Waals surface area contributed by atoms with Gasteiger partial charge in [-0.25, -0.2) is 0 Å². The molecule has 4 heteroatoms. The molecule has 0 saturated heterocycles. The summed E-state index contributed by atoms with van der Waals surface area (Å²) in [6, 6.07) is 7.16. The summed E-state index contributed by atoms with van der Waals surface area (Å²) in [4.78, 5) is 12.1. The molecule has 106 valence electrons. The number of hydrogen-bond acceptors (Lipinski definition) is 3. The van der Waals surface area contributed by atoms with Gasteiger partial charge in [-0.05, 0) is 37.1 Å². The maximum Gasteiger partial charge on any atom is 0.230 e. The summed E-state index contributed by atoms with van der Waals surface area (Å²) in [6.45, 7) is 3.91. The number of ether oxygens (including phenoxy) is 1. The van der Waals surface area contributed by atoms with Crippen molar-refractivity contribution in [3.05, 3.63) is 24.3 Å². The first-order valence-electron chi connectivity index (χ1n) is 6.75. The van der Waals surface area contributed by atoms with E-state index in [1.807, 2.05) is 13.8 Å². The fourth-order valence-corrected chi connectivity index (χ4v) is 2.04. The zero-order valence-corrected chi connectivity index (χ0v) is 11.8. The summed E-state index contributed by atoms with van der Waals surface area (Å²) < 4.78 is 5.06. The first-order chi connectivity index (χ1) is 9.12. The van der Waals surface area contributed by atoms with Gasteiger partial charge in [-0.3, -0.25) is 4.79 Å². The average molecular weight is 265 g/mol. The molecule has 1 aromatic carbocycles. The Morgan fingerprint density at radius 1 is 1.32 bits per heavy atom. The second kappa shape index (κ2) is 7.79. The molecule has 0 spiro atoms. The Bertz CT molecular complexity index is 389. The predicted molar refractivity (Wildman–Crippen MR) is 76.3 cm³/mol. The number of methoxy groups -OCH3 is 1. The lowest BCUT2D eigenvalue weighted by Gasteiger charge is -2.20. The molecular weight excluding hydrogens is 242 g/mol. The summed E-state index contributed by atoms with van der Waals surface area (Å²) in [5, 5.41) is 12.8. The number of aliphatic hydroxyl groups excluding tert-OH is 1. The van der Waals surface area contributed by atoms with Crippen molar-refractivity contribution in [1.29, 1.82) is 0 Å². The van der Waals surface area contributed by atoms with E-state index in [1.54, 1.807) is 31.4 Å². The van der Waals surface area contributed by atoms with Crippen LogP contribution in [-0.4, -0.2) is 24.2 Å². The van der Waals surface area contributed by atoms with Crippen LogP contribution in [0.5, 0.6) is 5.75 Å². The molecule has 0 aliphatic carbocycles. The number of hydrogen-bond donors (Lipinski definition) is 2. The van der Waals surface area contributed by atoms with Crippen LogP contribution in [0.25, 0.3) is 0 Å². The fraction of sp³-hybridized carbons (Fsp3) is 0.533. The topological polar surface area (TPSA) is 58.6 Å². The normalized spacial score (nSPS) is 13.7. The largest absolute Gasteiger partial charge is 0.497 e. The smallest absolute Gasteiger partial charge is 0.230 e. The zero-order valence-electron chi connectivity index (χ0n) is 11.8. The Kier molecular flexibility index (Phi) is 6.36. The van der Waals surface area contributed by atoms with Gasteiger partial charge in [0.25, 0.3) is 0 Å². The lowest BCUT2D eigenvalue weighted by atomic mass is 9.95. The van der Waals surface area contributed by atoms with Crippen molar-refractivity contribution in [2.45, 2.75) is 39.2 Å². The molecule has 1 aromatic rings. The van der Waals surface area contributed by atoms with Crippen LogP contribution in [0.3, 0.4) is 0 Å². The first kappa shape index (κ1) is 15.5. The van der Waals surface area contributed by atoms with Crippen molar-refractivity contribution in [3.63, 3.8) is 0 Å². The van der Waals surface area contributed by atoms with Crippen molar-refractivity contribution < 1.29 is 14.6 Å². The van der Waals surface area contributed by atoms with Crippen molar-refractivity contribution in [2.75, 3.05) is 12.4 Å². The summed E-state index contributed by atoms with van der Waals surface area (Å²) in [7, 11) is 1.60.